The Morgan fingerprint density at radius 3 is 2.20 bits per heavy atom. The summed E-state index contributed by atoms with van der Waals surface area (Å²) in [6, 6.07) is -0.692. The number of amides is 2. The Bertz CT molecular complexity index is 402. The molecule has 1 aliphatic carbocycles. The maximum absolute atomic E-state index is 13.0. The fraction of sp³-hybridized carbons (Fsp3) is 0.875. The largest absolute Gasteiger partial charge is 0.342 e. The Kier molecular flexibility index (Phi) is 3.87. The van der Waals surface area contributed by atoms with Gasteiger partial charge in [-0.1, -0.05) is 34.6 Å². The maximum atomic E-state index is 13.0. The first-order valence-corrected chi connectivity index (χ1v) is 7.90. The molecule has 1 saturated heterocycles. The maximum Gasteiger partial charge on any atom is 0.246 e. The summed E-state index contributed by atoms with van der Waals surface area (Å²) in [4.78, 5) is 27.4. The van der Waals surface area contributed by atoms with Gasteiger partial charge in [-0.3, -0.25) is 9.59 Å². The van der Waals surface area contributed by atoms with Gasteiger partial charge >= 0.3 is 0 Å². The molecule has 1 saturated carbocycles. The van der Waals surface area contributed by atoms with Crippen molar-refractivity contribution in [1.29, 1.82) is 0 Å². The van der Waals surface area contributed by atoms with Gasteiger partial charge in [0.2, 0.25) is 11.8 Å². The minimum atomic E-state index is -0.401. The fourth-order valence-corrected chi connectivity index (χ4v) is 3.58. The van der Waals surface area contributed by atoms with Crippen LogP contribution >= 0.6 is 0 Å². The average molecular weight is 280 g/mol. The van der Waals surface area contributed by atoms with E-state index in [-0.39, 0.29) is 28.8 Å². The zero-order valence-electron chi connectivity index (χ0n) is 13.5. The Labute approximate surface area is 122 Å². The second-order valence-electron chi connectivity index (χ2n) is 7.37. The lowest BCUT2D eigenvalue weighted by Crippen LogP contribution is -2.72. The van der Waals surface area contributed by atoms with E-state index in [1.54, 1.807) is 0 Å². The Hall–Kier alpha value is -1.06. The van der Waals surface area contributed by atoms with E-state index < -0.39 is 6.04 Å². The second kappa shape index (κ2) is 5.05. The lowest BCUT2D eigenvalue weighted by molar-refractivity contribution is -0.165. The number of nitrogens with one attached hydrogen (secondary N) is 1. The molecule has 0 radical (unpaired) electrons. The van der Waals surface area contributed by atoms with E-state index in [1.165, 1.54) is 0 Å². The fourth-order valence-electron chi connectivity index (χ4n) is 3.58. The number of carbonyl (C=O) groups excluding carboxylic acids is 2. The van der Waals surface area contributed by atoms with E-state index in [2.05, 4.69) is 12.2 Å². The van der Waals surface area contributed by atoms with Crippen molar-refractivity contribution in [1.82, 2.24) is 10.2 Å². The van der Waals surface area contributed by atoms with Gasteiger partial charge in [-0.2, -0.15) is 0 Å². The summed E-state index contributed by atoms with van der Waals surface area (Å²) in [5, 5.41) is 2.95. The molecule has 0 bridgehead atoms. The van der Waals surface area contributed by atoms with Gasteiger partial charge in [-0.25, -0.2) is 0 Å². The van der Waals surface area contributed by atoms with Crippen LogP contribution in [0.4, 0.5) is 0 Å². The monoisotopic (exact) mass is 280 g/mol. The summed E-state index contributed by atoms with van der Waals surface area (Å²) < 4.78 is 0. The first-order chi connectivity index (χ1) is 9.27. The van der Waals surface area contributed by atoms with Crippen LogP contribution in [0.25, 0.3) is 0 Å². The lowest BCUT2D eigenvalue weighted by atomic mass is 9.70. The van der Waals surface area contributed by atoms with Gasteiger partial charge in [0.25, 0.3) is 0 Å². The number of hydrogen-bond donors (Lipinski definition) is 1. The Morgan fingerprint density at radius 1 is 1.25 bits per heavy atom. The summed E-state index contributed by atoms with van der Waals surface area (Å²) in [5.74, 6) is 0.136. The highest BCUT2D eigenvalue weighted by molar-refractivity contribution is 5.98. The van der Waals surface area contributed by atoms with Gasteiger partial charge in [0.05, 0.1) is 0 Å². The van der Waals surface area contributed by atoms with Crippen LogP contribution in [-0.4, -0.2) is 34.3 Å². The number of nitrogens with zero attached hydrogens (tertiary/aromatic N) is 1. The van der Waals surface area contributed by atoms with Crippen molar-refractivity contribution >= 4 is 11.8 Å². The van der Waals surface area contributed by atoms with Crippen LogP contribution in [0.15, 0.2) is 0 Å². The zero-order chi connectivity index (χ0) is 15.1. The van der Waals surface area contributed by atoms with E-state index in [0.717, 1.165) is 25.7 Å². The lowest BCUT2D eigenvalue weighted by Gasteiger charge is -2.56. The van der Waals surface area contributed by atoms with E-state index in [9.17, 15) is 9.59 Å². The normalized spacial score (nSPS) is 29.9. The van der Waals surface area contributed by atoms with E-state index in [4.69, 9.17) is 0 Å². The Balaban J connectivity index is 2.38. The minimum absolute atomic E-state index is 0.0201. The van der Waals surface area contributed by atoms with Gasteiger partial charge in [-0.15, -0.1) is 0 Å². The van der Waals surface area contributed by atoms with E-state index in [0.29, 0.717) is 6.42 Å². The molecule has 2 aliphatic rings. The van der Waals surface area contributed by atoms with Gasteiger partial charge in [0, 0.05) is 5.54 Å². The zero-order valence-corrected chi connectivity index (χ0v) is 13.5. The molecule has 1 aliphatic heterocycles. The summed E-state index contributed by atoms with van der Waals surface area (Å²) in [6.45, 7) is 10.2. The van der Waals surface area contributed by atoms with Gasteiger partial charge in [-0.05, 0) is 37.5 Å². The molecule has 0 spiro atoms. The van der Waals surface area contributed by atoms with Crippen LogP contribution in [0.1, 0.15) is 66.7 Å². The number of carbonyl (C=O) groups is 2. The van der Waals surface area contributed by atoms with Crippen LogP contribution in [0.3, 0.4) is 0 Å². The summed E-state index contributed by atoms with van der Waals surface area (Å²) in [5.41, 5.74) is -0.318. The molecule has 4 heteroatoms. The van der Waals surface area contributed by atoms with Crippen LogP contribution in [0, 0.1) is 5.41 Å². The molecule has 0 aromatic rings. The van der Waals surface area contributed by atoms with Gasteiger partial charge in [0.1, 0.15) is 12.1 Å². The molecule has 20 heavy (non-hydrogen) atoms. The molecule has 0 aromatic heterocycles. The predicted molar refractivity (Wildman–Crippen MR) is 79.2 cm³/mol. The van der Waals surface area contributed by atoms with Crippen molar-refractivity contribution in [3.8, 4) is 0 Å². The average Bonchev–Trinajstić information content (AvgIpc) is 2.31. The van der Waals surface area contributed by atoms with Crippen LogP contribution < -0.4 is 5.32 Å². The van der Waals surface area contributed by atoms with Crippen molar-refractivity contribution in [2.45, 2.75) is 84.3 Å². The quantitative estimate of drug-likeness (QED) is 0.863. The molecule has 2 atom stereocenters. The van der Waals surface area contributed by atoms with Gasteiger partial charge < -0.3 is 10.2 Å². The highest BCUT2D eigenvalue weighted by Gasteiger charge is 2.53. The van der Waals surface area contributed by atoms with Crippen LogP contribution in [0.2, 0.25) is 0 Å². The minimum Gasteiger partial charge on any atom is -0.342 e. The molecule has 114 valence electrons. The predicted octanol–water partition coefficient (Wildman–Crippen LogP) is 2.47. The number of rotatable bonds is 3. The first kappa shape index (κ1) is 15.3. The third kappa shape index (κ3) is 2.23. The van der Waals surface area contributed by atoms with Crippen molar-refractivity contribution < 1.29 is 9.59 Å². The standard InChI is InChI=1S/C16H28N2O2/c1-6-11-13(19)17-12(15(3,4)5)14(20)18(11)16(7-2)9-8-10-16/h11-12H,6-10H2,1-5H3,(H,17,19). The summed E-state index contributed by atoms with van der Waals surface area (Å²) in [6.07, 6.45) is 4.87. The van der Waals surface area contributed by atoms with Gasteiger partial charge in [0.15, 0.2) is 0 Å². The molecular weight excluding hydrogens is 252 g/mol. The van der Waals surface area contributed by atoms with Crippen molar-refractivity contribution in [3.63, 3.8) is 0 Å². The van der Waals surface area contributed by atoms with Crippen molar-refractivity contribution in [2.24, 2.45) is 5.41 Å². The van der Waals surface area contributed by atoms with Crippen molar-refractivity contribution in [3.05, 3.63) is 0 Å². The third-order valence-electron chi connectivity index (χ3n) is 5.09. The van der Waals surface area contributed by atoms with Crippen LogP contribution in [-0.2, 0) is 9.59 Å². The number of piperazine rings is 1. The topological polar surface area (TPSA) is 49.4 Å². The first-order valence-electron chi connectivity index (χ1n) is 7.90. The highest BCUT2D eigenvalue weighted by atomic mass is 16.2. The molecule has 2 rings (SSSR count). The van der Waals surface area contributed by atoms with Crippen molar-refractivity contribution in [2.75, 3.05) is 0 Å². The Morgan fingerprint density at radius 2 is 1.85 bits per heavy atom. The van der Waals surface area contributed by atoms with E-state index >= 15 is 0 Å². The molecule has 0 aromatic carbocycles. The molecule has 2 amide bonds. The second-order valence-corrected chi connectivity index (χ2v) is 7.37. The smallest absolute Gasteiger partial charge is 0.246 e. The summed E-state index contributed by atoms with van der Waals surface area (Å²) >= 11 is 0. The van der Waals surface area contributed by atoms with E-state index in [1.807, 2.05) is 32.6 Å². The molecule has 4 nitrogen and oxygen atoms in total. The molecular formula is C16H28N2O2. The molecule has 2 fully saturated rings. The molecule has 1 heterocycles. The molecule has 2 unspecified atom stereocenters. The SMILES string of the molecule is CCC1C(=O)NC(C(C)(C)C)C(=O)N1C1(CC)CCC1. The molecule has 1 N–H and O–H groups in total. The number of hydrogen-bond acceptors (Lipinski definition) is 2. The summed E-state index contributed by atoms with van der Waals surface area (Å²) in [7, 11) is 0. The van der Waals surface area contributed by atoms with Crippen LogP contribution in [0.5, 0.6) is 0 Å². The third-order valence-corrected chi connectivity index (χ3v) is 5.09. The highest BCUT2D eigenvalue weighted by Crippen LogP contribution is 2.44.